The Morgan fingerprint density at radius 3 is 2.95 bits per heavy atom. The zero-order chi connectivity index (χ0) is 13.1. The van der Waals surface area contributed by atoms with Gasteiger partial charge in [-0.25, -0.2) is 4.98 Å². The Morgan fingerprint density at radius 2 is 2.16 bits per heavy atom. The Kier molecular flexibility index (Phi) is 3.45. The van der Waals surface area contributed by atoms with Gasteiger partial charge in [-0.2, -0.15) is 5.26 Å². The molecule has 0 bridgehead atoms. The van der Waals surface area contributed by atoms with Crippen molar-refractivity contribution in [3.8, 4) is 16.5 Å². The van der Waals surface area contributed by atoms with E-state index in [1.54, 1.807) is 11.3 Å². The highest BCUT2D eigenvalue weighted by molar-refractivity contribution is 7.18. The molecule has 96 valence electrons. The molecule has 0 unspecified atom stereocenters. The molecule has 1 aliphatic rings. The molecule has 0 atom stereocenters. The Bertz CT molecular complexity index is 611. The summed E-state index contributed by atoms with van der Waals surface area (Å²) in [5.41, 5.74) is 1.73. The Balaban J connectivity index is 1.86. The summed E-state index contributed by atoms with van der Waals surface area (Å²) in [4.78, 5) is 7.82. The van der Waals surface area contributed by atoms with Crippen LogP contribution in [0.3, 0.4) is 0 Å². The third-order valence-electron chi connectivity index (χ3n) is 3.05. The third-order valence-corrected chi connectivity index (χ3v) is 4.16. The highest BCUT2D eigenvalue weighted by Gasteiger charge is 2.15. The van der Waals surface area contributed by atoms with Gasteiger partial charge in [0.25, 0.3) is 0 Å². The summed E-state index contributed by atoms with van der Waals surface area (Å²) in [5.74, 6) is 0. The molecule has 1 aromatic carbocycles. The van der Waals surface area contributed by atoms with Gasteiger partial charge in [-0.3, -0.25) is 0 Å². The fourth-order valence-corrected chi connectivity index (χ4v) is 3.01. The number of anilines is 1. The number of ether oxygens (including phenoxy) is 1. The lowest BCUT2D eigenvalue weighted by molar-refractivity contribution is 0.122. The minimum Gasteiger partial charge on any atom is -0.378 e. The molecule has 0 N–H and O–H groups in total. The molecule has 1 aromatic heterocycles. The van der Waals surface area contributed by atoms with E-state index in [0.29, 0.717) is 5.56 Å². The summed E-state index contributed by atoms with van der Waals surface area (Å²) < 4.78 is 5.34. The fourth-order valence-electron chi connectivity index (χ4n) is 2.04. The zero-order valence-corrected chi connectivity index (χ0v) is 11.2. The Hall–Kier alpha value is -1.90. The van der Waals surface area contributed by atoms with E-state index in [-0.39, 0.29) is 0 Å². The van der Waals surface area contributed by atoms with Gasteiger partial charge < -0.3 is 9.64 Å². The first-order valence-corrected chi connectivity index (χ1v) is 6.97. The summed E-state index contributed by atoms with van der Waals surface area (Å²) in [5, 5.41) is 9.96. The lowest BCUT2D eigenvalue weighted by atomic mass is 10.1. The predicted octanol–water partition coefficient (Wildman–Crippen LogP) is 2.52. The van der Waals surface area contributed by atoms with E-state index in [0.717, 1.165) is 41.9 Å². The number of rotatable bonds is 2. The maximum Gasteiger partial charge on any atom is 0.186 e. The third kappa shape index (κ3) is 2.60. The van der Waals surface area contributed by atoms with Crippen molar-refractivity contribution in [2.45, 2.75) is 0 Å². The van der Waals surface area contributed by atoms with Gasteiger partial charge in [0, 0.05) is 19.3 Å². The van der Waals surface area contributed by atoms with Gasteiger partial charge in [0.1, 0.15) is 0 Å². The minimum absolute atomic E-state index is 0.679. The van der Waals surface area contributed by atoms with Crippen LogP contribution in [0.25, 0.3) is 10.4 Å². The lowest BCUT2D eigenvalue weighted by Crippen LogP contribution is -2.36. The first-order valence-electron chi connectivity index (χ1n) is 6.16. The van der Waals surface area contributed by atoms with Crippen LogP contribution in [0.1, 0.15) is 5.56 Å². The molecule has 19 heavy (non-hydrogen) atoms. The molecule has 1 saturated heterocycles. The molecule has 3 rings (SSSR count). The van der Waals surface area contributed by atoms with E-state index in [1.807, 2.05) is 30.5 Å². The van der Waals surface area contributed by atoms with Gasteiger partial charge in [-0.15, -0.1) is 0 Å². The normalized spacial score (nSPS) is 15.2. The maximum atomic E-state index is 8.93. The van der Waals surface area contributed by atoms with Crippen LogP contribution in [0.4, 0.5) is 5.13 Å². The molecule has 0 amide bonds. The van der Waals surface area contributed by atoms with E-state index in [9.17, 15) is 0 Å². The van der Waals surface area contributed by atoms with Gasteiger partial charge in [-0.1, -0.05) is 23.5 Å². The number of nitrogens with zero attached hydrogens (tertiary/aromatic N) is 3. The van der Waals surface area contributed by atoms with Crippen LogP contribution >= 0.6 is 11.3 Å². The largest absolute Gasteiger partial charge is 0.378 e. The van der Waals surface area contributed by atoms with Gasteiger partial charge in [0.15, 0.2) is 5.13 Å². The monoisotopic (exact) mass is 271 g/mol. The SMILES string of the molecule is N#Cc1cccc(-c2cnc(N3CCOCC3)s2)c1. The van der Waals surface area contributed by atoms with Crippen molar-refractivity contribution in [2.24, 2.45) is 0 Å². The second-order valence-electron chi connectivity index (χ2n) is 4.30. The summed E-state index contributed by atoms with van der Waals surface area (Å²) in [6.45, 7) is 3.31. The van der Waals surface area contributed by atoms with Crippen LogP contribution in [0.15, 0.2) is 30.5 Å². The zero-order valence-electron chi connectivity index (χ0n) is 10.4. The minimum atomic E-state index is 0.679. The van der Waals surface area contributed by atoms with E-state index in [2.05, 4.69) is 16.0 Å². The molecule has 2 aromatic rings. The highest BCUT2D eigenvalue weighted by atomic mass is 32.1. The van der Waals surface area contributed by atoms with Crippen LogP contribution in [-0.2, 0) is 4.74 Å². The number of hydrogen-bond acceptors (Lipinski definition) is 5. The van der Waals surface area contributed by atoms with Crippen LogP contribution in [0.5, 0.6) is 0 Å². The van der Waals surface area contributed by atoms with E-state index in [4.69, 9.17) is 10.00 Å². The molecule has 4 nitrogen and oxygen atoms in total. The second kappa shape index (κ2) is 5.39. The predicted molar refractivity (Wildman–Crippen MR) is 75.3 cm³/mol. The number of nitriles is 1. The van der Waals surface area contributed by atoms with Gasteiger partial charge in [-0.05, 0) is 17.7 Å². The summed E-state index contributed by atoms with van der Waals surface area (Å²) >= 11 is 1.66. The van der Waals surface area contributed by atoms with Crippen LogP contribution in [0.2, 0.25) is 0 Å². The molecule has 0 spiro atoms. The smallest absolute Gasteiger partial charge is 0.186 e. The van der Waals surface area contributed by atoms with Gasteiger partial charge >= 0.3 is 0 Å². The summed E-state index contributed by atoms with van der Waals surface area (Å²) in [6, 6.07) is 9.79. The molecule has 5 heteroatoms. The van der Waals surface area contributed by atoms with Gasteiger partial charge in [0.05, 0.1) is 29.7 Å². The average Bonchev–Trinajstić information content (AvgIpc) is 2.98. The van der Waals surface area contributed by atoms with Crippen molar-refractivity contribution in [3.63, 3.8) is 0 Å². The van der Waals surface area contributed by atoms with Crippen molar-refractivity contribution < 1.29 is 4.74 Å². The first-order chi connectivity index (χ1) is 9.36. The number of benzene rings is 1. The molecule has 0 aliphatic carbocycles. The number of aromatic nitrogens is 1. The van der Waals surface area contributed by atoms with Crippen LogP contribution in [0, 0.1) is 11.3 Å². The second-order valence-corrected chi connectivity index (χ2v) is 5.31. The number of thiazole rings is 1. The molecule has 1 fully saturated rings. The molecule has 1 aliphatic heterocycles. The van der Waals surface area contributed by atoms with E-state index in [1.165, 1.54) is 0 Å². The van der Waals surface area contributed by atoms with Crippen LogP contribution < -0.4 is 4.90 Å². The van der Waals surface area contributed by atoms with E-state index < -0.39 is 0 Å². The quantitative estimate of drug-likeness (QED) is 0.842. The molecule has 2 heterocycles. The highest BCUT2D eigenvalue weighted by Crippen LogP contribution is 2.31. The Morgan fingerprint density at radius 1 is 1.32 bits per heavy atom. The molecular weight excluding hydrogens is 258 g/mol. The van der Waals surface area contributed by atoms with Crippen molar-refractivity contribution in [1.29, 1.82) is 5.26 Å². The summed E-state index contributed by atoms with van der Waals surface area (Å²) in [6.07, 6.45) is 1.88. The van der Waals surface area contributed by atoms with Crippen molar-refractivity contribution in [1.82, 2.24) is 4.98 Å². The van der Waals surface area contributed by atoms with Crippen molar-refractivity contribution in [3.05, 3.63) is 36.0 Å². The molecular formula is C14H13N3OS. The molecule has 0 radical (unpaired) electrons. The van der Waals surface area contributed by atoms with Crippen molar-refractivity contribution >= 4 is 16.5 Å². The van der Waals surface area contributed by atoms with Gasteiger partial charge in [0.2, 0.25) is 0 Å². The Labute approximate surface area is 115 Å². The molecule has 0 saturated carbocycles. The number of hydrogen-bond donors (Lipinski definition) is 0. The number of morpholine rings is 1. The first kappa shape index (κ1) is 12.2. The lowest BCUT2D eigenvalue weighted by Gasteiger charge is -2.25. The fraction of sp³-hybridized carbons (Fsp3) is 0.286. The topological polar surface area (TPSA) is 49.2 Å². The summed E-state index contributed by atoms with van der Waals surface area (Å²) in [7, 11) is 0. The van der Waals surface area contributed by atoms with E-state index >= 15 is 0 Å². The van der Waals surface area contributed by atoms with Crippen LogP contribution in [-0.4, -0.2) is 31.3 Å². The maximum absolute atomic E-state index is 8.93. The average molecular weight is 271 g/mol. The standard InChI is InChI=1S/C14H13N3OS/c15-9-11-2-1-3-12(8-11)13-10-16-14(19-13)17-4-6-18-7-5-17/h1-3,8,10H,4-7H2. The van der Waals surface area contributed by atoms with Crippen molar-refractivity contribution in [2.75, 3.05) is 31.2 Å².